The zero-order chi connectivity index (χ0) is 15.3. The minimum Gasteiger partial charge on any atom is -0.496 e. The molecule has 5 heteroatoms. The van der Waals surface area contributed by atoms with Crippen molar-refractivity contribution in [2.45, 2.75) is 39.2 Å². The SMILES string of the molecule is COC(=O)CCCC(N)c1c(C)c(Br)cc(C)c1OC. The van der Waals surface area contributed by atoms with E-state index in [1.54, 1.807) is 7.11 Å². The van der Waals surface area contributed by atoms with Gasteiger partial charge in [0.05, 0.1) is 14.2 Å². The fourth-order valence-electron chi connectivity index (χ4n) is 2.31. The molecule has 0 radical (unpaired) electrons. The fraction of sp³-hybridized carbons (Fsp3) is 0.533. The highest BCUT2D eigenvalue weighted by Crippen LogP contribution is 2.37. The van der Waals surface area contributed by atoms with Crippen molar-refractivity contribution in [1.29, 1.82) is 0 Å². The lowest BCUT2D eigenvalue weighted by Crippen LogP contribution is -2.15. The summed E-state index contributed by atoms with van der Waals surface area (Å²) < 4.78 is 11.1. The molecule has 0 saturated heterocycles. The molecule has 0 fully saturated rings. The van der Waals surface area contributed by atoms with Crippen LogP contribution in [0.25, 0.3) is 0 Å². The molecule has 0 amide bonds. The highest BCUT2D eigenvalue weighted by Gasteiger charge is 2.19. The predicted molar refractivity (Wildman–Crippen MR) is 83.0 cm³/mol. The van der Waals surface area contributed by atoms with E-state index < -0.39 is 0 Å². The first kappa shape index (κ1) is 17.0. The van der Waals surface area contributed by atoms with E-state index in [0.29, 0.717) is 19.3 Å². The minimum absolute atomic E-state index is 0.161. The van der Waals surface area contributed by atoms with Crippen LogP contribution in [0.1, 0.15) is 42.0 Å². The second kappa shape index (κ2) is 7.64. The fourth-order valence-corrected chi connectivity index (χ4v) is 2.86. The Balaban J connectivity index is 2.91. The first-order valence-corrected chi connectivity index (χ1v) is 7.37. The van der Waals surface area contributed by atoms with Gasteiger partial charge >= 0.3 is 5.97 Å². The minimum atomic E-state index is -0.202. The van der Waals surface area contributed by atoms with Gasteiger partial charge in [0.25, 0.3) is 0 Å². The Kier molecular flexibility index (Phi) is 6.49. The average molecular weight is 344 g/mol. The Hall–Kier alpha value is -1.07. The summed E-state index contributed by atoms with van der Waals surface area (Å²) in [6, 6.07) is 1.87. The highest BCUT2D eigenvalue weighted by atomic mass is 79.9. The van der Waals surface area contributed by atoms with Crippen molar-refractivity contribution in [3.05, 3.63) is 27.2 Å². The first-order valence-electron chi connectivity index (χ1n) is 6.58. The van der Waals surface area contributed by atoms with Crippen molar-refractivity contribution in [1.82, 2.24) is 0 Å². The number of rotatable bonds is 6. The largest absolute Gasteiger partial charge is 0.496 e. The van der Waals surface area contributed by atoms with Gasteiger partial charge in [-0.3, -0.25) is 4.79 Å². The molecule has 0 heterocycles. The Labute approximate surface area is 128 Å². The summed E-state index contributed by atoms with van der Waals surface area (Å²) in [4.78, 5) is 11.1. The molecule has 112 valence electrons. The molecular weight excluding hydrogens is 322 g/mol. The van der Waals surface area contributed by atoms with E-state index in [1.807, 2.05) is 19.9 Å². The molecule has 1 aromatic rings. The third kappa shape index (κ3) is 3.96. The lowest BCUT2D eigenvalue weighted by Gasteiger charge is -2.21. The summed E-state index contributed by atoms with van der Waals surface area (Å²) >= 11 is 3.55. The molecule has 20 heavy (non-hydrogen) atoms. The molecule has 0 saturated carbocycles. The number of nitrogens with two attached hydrogens (primary N) is 1. The maximum absolute atomic E-state index is 11.1. The number of ether oxygens (including phenoxy) is 2. The molecule has 1 aromatic carbocycles. The van der Waals surface area contributed by atoms with E-state index in [-0.39, 0.29) is 12.0 Å². The summed E-state index contributed by atoms with van der Waals surface area (Å²) in [5, 5.41) is 0. The second-order valence-corrected chi connectivity index (χ2v) is 5.68. The van der Waals surface area contributed by atoms with Gasteiger partial charge in [0, 0.05) is 22.5 Å². The van der Waals surface area contributed by atoms with Gasteiger partial charge in [-0.2, -0.15) is 0 Å². The number of esters is 1. The van der Waals surface area contributed by atoms with Crippen LogP contribution in [0.4, 0.5) is 0 Å². The topological polar surface area (TPSA) is 61.5 Å². The van der Waals surface area contributed by atoms with E-state index in [1.165, 1.54) is 7.11 Å². The zero-order valence-corrected chi connectivity index (χ0v) is 14.0. The van der Waals surface area contributed by atoms with Crippen LogP contribution in [0.15, 0.2) is 10.5 Å². The van der Waals surface area contributed by atoms with Crippen LogP contribution in [0.5, 0.6) is 5.75 Å². The number of hydrogen-bond acceptors (Lipinski definition) is 4. The van der Waals surface area contributed by atoms with Crippen LogP contribution >= 0.6 is 15.9 Å². The normalized spacial score (nSPS) is 12.1. The van der Waals surface area contributed by atoms with Gasteiger partial charge in [-0.05, 0) is 43.9 Å². The molecular formula is C15H22BrNO3. The van der Waals surface area contributed by atoms with E-state index in [4.69, 9.17) is 10.5 Å². The van der Waals surface area contributed by atoms with Crippen molar-refractivity contribution < 1.29 is 14.3 Å². The molecule has 0 aliphatic heterocycles. The van der Waals surface area contributed by atoms with Crippen LogP contribution in [-0.4, -0.2) is 20.2 Å². The third-order valence-electron chi connectivity index (χ3n) is 3.41. The summed E-state index contributed by atoms with van der Waals surface area (Å²) in [7, 11) is 3.05. The summed E-state index contributed by atoms with van der Waals surface area (Å²) in [6.45, 7) is 4.01. The van der Waals surface area contributed by atoms with Crippen molar-refractivity contribution in [3.8, 4) is 5.75 Å². The number of carbonyl (C=O) groups is 1. The summed E-state index contributed by atoms with van der Waals surface area (Å²) in [5.74, 6) is 0.627. The Bertz CT molecular complexity index is 488. The van der Waals surface area contributed by atoms with Gasteiger partial charge in [0.2, 0.25) is 0 Å². The van der Waals surface area contributed by atoms with Crippen molar-refractivity contribution in [2.24, 2.45) is 5.73 Å². The Morgan fingerprint density at radius 3 is 2.60 bits per heavy atom. The molecule has 4 nitrogen and oxygen atoms in total. The van der Waals surface area contributed by atoms with Gasteiger partial charge in [-0.1, -0.05) is 15.9 Å². The van der Waals surface area contributed by atoms with Crippen molar-refractivity contribution >= 4 is 21.9 Å². The molecule has 0 spiro atoms. The number of benzene rings is 1. The van der Waals surface area contributed by atoms with Crippen LogP contribution < -0.4 is 10.5 Å². The summed E-state index contributed by atoms with van der Waals surface area (Å²) in [5.41, 5.74) is 9.41. The Morgan fingerprint density at radius 2 is 2.05 bits per heavy atom. The molecule has 2 N–H and O–H groups in total. The zero-order valence-electron chi connectivity index (χ0n) is 12.5. The van der Waals surface area contributed by atoms with Gasteiger partial charge in [0.1, 0.15) is 5.75 Å². The molecule has 1 rings (SSSR count). The van der Waals surface area contributed by atoms with Crippen LogP contribution in [0.3, 0.4) is 0 Å². The number of halogens is 1. The van der Waals surface area contributed by atoms with Gasteiger partial charge < -0.3 is 15.2 Å². The van der Waals surface area contributed by atoms with E-state index in [9.17, 15) is 4.79 Å². The van der Waals surface area contributed by atoms with Crippen molar-refractivity contribution in [2.75, 3.05) is 14.2 Å². The van der Waals surface area contributed by atoms with E-state index in [0.717, 1.165) is 26.9 Å². The third-order valence-corrected chi connectivity index (χ3v) is 4.23. The second-order valence-electron chi connectivity index (χ2n) is 4.82. The lowest BCUT2D eigenvalue weighted by molar-refractivity contribution is -0.140. The molecule has 0 aromatic heterocycles. The monoisotopic (exact) mass is 343 g/mol. The number of carbonyl (C=O) groups excluding carboxylic acids is 1. The van der Waals surface area contributed by atoms with Gasteiger partial charge in [-0.15, -0.1) is 0 Å². The van der Waals surface area contributed by atoms with Crippen molar-refractivity contribution in [3.63, 3.8) is 0 Å². The average Bonchev–Trinajstić information content (AvgIpc) is 2.41. The number of hydrogen-bond donors (Lipinski definition) is 1. The maximum Gasteiger partial charge on any atom is 0.305 e. The van der Waals surface area contributed by atoms with Gasteiger partial charge in [0.15, 0.2) is 0 Å². The lowest BCUT2D eigenvalue weighted by atomic mass is 9.94. The highest BCUT2D eigenvalue weighted by molar-refractivity contribution is 9.10. The molecule has 1 atom stereocenters. The molecule has 0 aliphatic carbocycles. The molecule has 1 unspecified atom stereocenters. The van der Waals surface area contributed by atoms with Crippen LogP contribution in [-0.2, 0) is 9.53 Å². The predicted octanol–water partition coefficient (Wildman–Crippen LogP) is 3.42. The maximum atomic E-state index is 11.1. The quantitative estimate of drug-likeness (QED) is 0.804. The Morgan fingerprint density at radius 1 is 1.40 bits per heavy atom. The van der Waals surface area contributed by atoms with E-state index >= 15 is 0 Å². The molecule has 0 aliphatic rings. The number of methoxy groups -OCH3 is 2. The van der Waals surface area contributed by atoms with Crippen LogP contribution in [0.2, 0.25) is 0 Å². The first-order chi connectivity index (χ1) is 9.42. The summed E-state index contributed by atoms with van der Waals surface area (Å²) in [6.07, 6.45) is 1.79. The van der Waals surface area contributed by atoms with Crippen LogP contribution in [0, 0.1) is 13.8 Å². The smallest absolute Gasteiger partial charge is 0.305 e. The standard InChI is InChI=1S/C15H22BrNO3/c1-9-8-11(16)10(2)14(15(9)20-4)12(17)6-5-7-13(18)19-3/h8,12H,5-7,17H2,1-4H3. The number of aryl methyl sites for hydroxylation is 1. The molecule has 0 bridgehead atoms. The van der Waals surface area contributed by atoms with E-state index in [2.05, 4.69) is 20.7 Å². The van der Waals surface area contributed by atoms with Gasteiger partial charge in [-0.25, -0.2) is 0 Å².